The quantitative estimate of drug-likeness (QED) is 0.243. The van der Waals surface area contributed by atoms with Crippen LogP contribution in [0, 0.1) is 0 Å². The minimum atomic E-state index is 0. The van der Waals surface area contributed by atoms with Gasteiger partial charge in [0.05, 0.1) is 0 Å². The van der Waals surface area contributed by atoms with Crippen molar-refractivity contribution in [1.82, 2.24) is 0 Å². The van der Waals surface area contributed by atoms with E-state index in [1.807, 2.05) is 0 Å². The van der Waals surface area contributed by atoms with Crippen LogP contribution < -0.4 is 205 Å². The summed E-state index contributed by atoms with van der Waals surface area (Å²) in [7, 11) is 0. The van der Waals surface area contributed by atoms with Crippen LogP contribution in [0.5, 0.6) is 0 Å². The van der Waals surface area contributed by atoms with Crippen LogP contribution >= 0.6 is 50.9 Å². The Morgan fingerprint density at radius 2 is 0.333 bits per heavy atom. The van der Waals surface area contributed by atoms with Crippen molar-refractivity contribution in [3.05, 3.63) is 0 Å². The van der Waals surface area contributed by atoms with Crippen molar-refractivity contribution in [3.63, 3.8) is 0 Å². The summed E-state index contributed by atoms with van der Waals surface area (Å²) in [4.78, 5) is 0. The van der Waals surface area contributed by atoms with E-state index >= 15 is 0 Å². The van der Waals surface area contributed by atoms with E-state index in [1.165, 1.54) is 0 Å². The Bertz CT molecular complexity index is 8.26. The second-order valence-electron chi connectivity index (χ2n) is 0. The van der Waals surface area contributed by atoms with E-state index in [1.54, 1.807) is 0 Å². The van der Waals surface area contributed by atoms with Gasteiger partial charge in [-0.1, -0.05) is 0 Å². The summed E-state index contributed by atoms with van der Waals surface area (Å²) in [5, 5.41) is 0. The van der Waals surface area contributed by atoms with Crippen molar-refractivity contribution in [2.24, 2.45) is 0 Å². The smallest absolute Gasteiger partial charge is 1.00 e. The molecule has 0 rings (SSSR count). The fourth-order valence-corrected chi connectivity index (χ4v) is 0. The second-order valence-corrected chi connectivity index (χ2v) is 0. The predicted octanol–water partition coefficient (Wildman–Crippen LogP) is -16.2. The molecule has 0 fully saturated rings. The normalized spacial score (nSPS) is 0. The third kappa shape index (κ3) is 49.5. The van der Waals surface area contributed by atoms with Gasteiger partial charge in [0, 0.05) is 0 Å². The Morgan fingerprint density at radius 3 is 0.333 bits per heavy atom. The summed E-state index contributed by atoms with van der Waals surface area (Å²) in [6.07, 6.45) is 0. The molecule has 0 radical (unpaired) electrons. The summed E-state index contributed by atoms with van der Waals surface area (Å²) >= 11 is 0. The van der Waals surface area contributed by atoms with E-state index < -0.39 is 0 Å². The molecule has 0 saturated carbocycles. The molecule has 0 bridgehead atoms. The molecule has 0 aromatic heterocycles. The minimum Gasteiger partial charge on any atom is -1.00 e. The molecule has 9 heavy (non-hydrogen) atoms. The third-order valence-electron chi connectivity index (χ3n) is 0. The minimum absolute atomic E-state index is 0. The van der Waals surface area contributed by atoms with Crippen LogP contribution in [0.3, 0.4) is 0 Å². The van der Waals surface area contributed by atoms with E-state index in [0.717, 1.165) is 0 Å². The molecule has 0 saturated heterocycles. The van der Waals surface area contributed by atoms with Crippen molar-refractivity contribution in [2.45, 2.75) is 0 Å². The van der Waals surface area contributed by atoms with Crippen LogP contribution in [0.4, 0.5) is 0 Å². The van der Waals surface area contributed by atoms with E-state index in [9.17, 15) is 0 Å². The number of halogens is 6. The molecule has 0 heterocycles. The van der Waals surface area contributed by atoms with E-state index in [-0.39, 0.29) is 256 Å². The van der Waals surface area contributed by atoms with Gasteiger partial charge in [-0.05, 0) is 0 Å². The molecule has 48 valence electrons. The first-order valence-electron chi connectivity index (χ1n) is 0. The van der Waals surface area contributed by atoms with E-state index in [4.69, 9.17) is 0 Å². The molecule has 0 spiro atoms. The molecule has 0 aliphatic heterocycles. The molecule has 0 aromatic carbocycles. The molecule has 0 unspecified atom stereocenters. The fourth-order valence-electron chi connectivity index (χ4n) is 0. The molecule has 9 heteroatoms. The summed E-state index contributed by atoms with van der Waals surface area (Å²) in [5.74, 6) is 0. The number of hydrogen-bond donors (Lipinski definition) is 0. The molecule has 0 aliphatic rings. The standard InChI is InChI=1S/6BrH.3K/h6*1H;;;/q;;;;;;3*+1/p-3. The zero-order valence-electron chi connectivity index (χ0n) is 5.36. The Balaban J connectivity index is 0. The van der Waals surface area contributed by atoms with E-state index in [0.29, 0.717) is 0 Å². The molecule has 0 amide bonds. The second kappa shape index (κ2) is 56.9. The maximum absolute atomic E-state index is 0. The fraction of sp³-hybridized carbons (Fsp3) is 0. The van der Waals surface area contributed by atoms with Crippen molar-refractivity contribution in [1.29, 1.82) is 0 Å². The topological polar surface area (TPSA) is 0 Å². The molecule has 0 aromatic rings. The van der Waals surface area contributed by atoms with Crippen molar-refractivity contribution >= 4 is 50.9 Å². The van der Waals surface area contributed by atoms with E-state index in [2.05, 4.69) is 0 Å². The van der Waals surface area contributed by atoms with Gasteiger partial charge in [0.2, 0.25) is 0 Å². The van der Waals surface area contributed by atoms with Gasteiger partial charge in [0.15, 0.2) is 0 Å². The Kier molecular flexibility index (Phi) is 436. The van der Waals surface area contributed by atoms with Gasteiger partial charge in [-0.25, -0.2) is 0 Å². The van der Waals surface area contributed by atoms with Gasteiger partial charge in [-0.2, -0.15) is 0 Å². The average molecular weight is 600 g/mol. The van der Waals surface area contributed by atoms with Gasteiger partial charge in [-0.15, -0.1) is 50.9 Å². The summed E-state index contributed by atoms with van der Waals surface area (Å²) in [6.45, 7) is 0. The maximum atomic E-state index is 0. The Hall–Kier alpha value is 7.79. The van der Waals surface area contributed by atoms with Gasteiger partial charge < -0.3 is 50.9 Å². The molecular weight excluding hydrogens is 597 g/mol. The van der Waals surface area contributed by atoms with Crippen LogP contribution in [0.15, 0.2) is 0 Å². The molecule has 0 nitrogen and oxygen atoms in total. The maximum Gasteiger partial charge on any atom is 1.00 e. The largest absolute Gasteiger partial charge is 1.00 e. The third-order valence-corrected chi connectivity index (χ3v) is 0. The van der Waals surface area contributed by atoms with Gasteiger partial charge in [-0.3, -0.25) is 0 Å². The van der Waals surface area contributed by atoms with Crippen molar-refractivity contribution < 1.29 is 205 Å². The molecule has 0 aliphatic carbocycles. The zero-order valence-corrected chi connectivity index (χ0v) is 24.6. The van der Waals surface area contributed by atoms with Crippen molar-refractivity contribution in [3.8, 4) is 0 Å². The SMILES string of the molecule is Br.Br.Br.[Br-].[Br-].[Br-].[K+].[K+].[K+]. The first kappa shape index (κ1) is 69.0. The molecule has 0 N–H and O–H groups in total. The first-order chi connectivity index (χ1) is 0. The molecular formula is H3Br6K3. The van der Waals surface area contributed by atoms with Crippen LogP contribution in [0.2, 0.25) is 0 Å². The number of hydrogen-bond acceptors (Lipinski definition) is 0. The van der Waals surface area contributed by atoms with Crippen LogP contribution in [0.1, 0.15) is 0 Å². The van der Waals surface area contributed by atoms with Crippen LogP contribution in [-0.2, 0) is 0 Å². The molecule has 0 atom stereocenters. The first-order valence-corrected chi connectivity index (χ1v) is 0. The zero-order chi connectivity index (χ0) is 0. The Morgan fingerprint density at radius 1 is 0.333 bits per heavy atom. The summed E-state index contributed by atoms with van der Waals surface area (Å²) in [6, 6.07) is 0. The monoisotopic (exact) mass is 593 g/mol. The summed E-state index contributed by atoms with van der Waals surface area (Å²) in [5.41, 5.74) is 0. The van der Waals surface area contributed by atoms with Gasteiger partial charge >= 0.3 is 154 Å². The Labute approximate surface area is 247 Å². The average Bonchev–Trinajstić information content (AvgIpc) is 0. The van der Waals surface area contributed by atoms with Crippen LogP contribution in [0.25, 0.3) is 0 Å². The van der Waals surface area contributed by atoms with Crippen molar-refractivity contribution in [2.75, 3.05) is 0 Å². The predicted molar refractivity (Wildman–Crippen MR) is 31.0 cm³/mol. The van der Waals surface area contributed by atoms with Gasteiger partial charge in [0.25, 0.3) is 0 Å². The van der Waals surface area contributed by atoms with Gasteiger partial charge in [0.1, 0.15) is 0 Å². The number of rotatable bonds is 0. The van der Waals surface area contributed by atoms with Crippen LogP contribution in [-0.4, -0.2) is 0 Å². The summed E-state index contributed by atoms with van der Waals surface area (Å²) < 4.78 is 0.